The van der Waals surface area contributed by atoms with Crippen molar-refractivity contribution < 1.29 is 20.1 Å². The van der Waals surface area contributed by atoms with Crippen molar-refractivity contribution in [2.24, 2.45) is 40.9 Å². The van der Waals surface area contributed by atoms with Crippen LogP contribution in [-0.2, 0) is 4.74 Å². The minimum absolute atomic E-state index is 0.0425. The summed E-state index contributed by atoms with van der Waals surface area (Å²) in [7, 11) is 1.69. The molecule has 0 aromatic carbocycles. The van der Waals surface area contributed by atoms with Gasteiger partial charge in [0.15, 0.2) is 0 Å². The van der Waals surface area contributed by atoms with Crippen LogP contribution in [0.25, 0.3) is 0 Å². The van der Waals surface area contributed by atoms with Crippen LogP contribution in [0.15, 0.2) is 0 Å². The highest BCUT2D eigenvalue weighted by Crippen LogP contribution is 2.66. The largest absolute Gasteiger partial charge is 0.396 e. The molecule has 0 saturated heterocycles. The average Bonchev–Trinajstić information content (AvgIpc) is 2.93. The van der Waals surface area contributed by atoms with Crippen LogP contribution in [0, 0.1) is 40.9 Å². The minimum Gasteiger partial charge on any atom is -0.396 e. The Hall–Kier alpha value is -0.160. The predicted molar refractivity (Wildman–Crippen MR) is 105 cm³/mol. The molecule has 1 unspecified atom stereocenters. The highest BCUT2D eigenvalue weighted by Gasteiger charge is 2.64. The van der Waals surface area contributed by atoms with Gasteiger partial charge in [-0.15, -0.1) is 0 Å². The van der Waals surface area contributed by atoms with Crippen LogP contribution in [0.5, 0.6) is 0 Å². The first-order chi connectivity index (χ1) is 12.8. The molecule has 156 valence electrons. The number of aliphatic hydroxyl groups is 3. The fourth-order valence-corrected chi connectivity index (χ4v) is 8.37. The minimum atomic E-state index is -0.709. The lowest BCUT2D eigenvalue weighted by molar-refractivity contribution is -0.167. The molecule has 9 atom stereocenters. The topological polar surface area (TPSA) is 69.9 Å². The summed E-state index contributed by atoms with van der Waals surface area (Å²) in [6.07, 6.45) is 9.64. The molecule has 0 aromatic heterocycles. The molecule has 4 nitrogen and oxygen atoms in total. The summed E-state index contributed by atoms with van der Waals surface area (Å²) in [5.41, 5.74) is -1.37. The Balaban J connectivity index is 1.52. The van der Waals surface area contributed by atoms with Crippen molar-refractivity contribution in [1.82, 2.24) is 0 Å². The van der Waals surface area contributed by atoms with Crippen molar-refractivity contribution in [2.75, 3.05) is 20.3 Å². The zero-order chi connectivity index (χ0) is 19.4. The van der Waals surface area contributed by atoms with Gasteiger partial charge in [0, 0.05) is 19.6 Å². The molecule has 0 radical (unpaired) electrons. The fraction of sp³-hybridized carbons (Fsp3) is 1.00. The Kier molecular flexibility index (Phi) is 5.19. The third-order valence-electron chi connectivity index (χ3n) is 9.82. The van der Waals surface area contributed by atoms with Crippen LogP contribution in [-0.4, -0.2) is 46.8 Å². The van der Waals surface area contributed by atoms with E-state index in [4.69, 9.17) is 4.74 Å². The molecule has 0 spiro atoms. The van der Waals surface area contributed by atoms with Crippen LogP contribution in [0.3, 0.4) is 0 Å². The van der Waals surface area contributed by atoms with Crippen molar-refractivity contribution in [1.29, 1.82) is 0 Å². The number of methoxy groups -OCH3 is 1. The predicted octanol–water partition coefficient (Wildman–Crippen LogP) is 3.38. The molecule has 0 heterocycles. The van der Waals surface area contributed by atoms with Gasteiger partial charge < -0.3 is 20.1 Å². The van der Waals surface area contributed by atoms with Gasteiger partial charge >= 0.3 is 0 Å². The molecule has 4 rings (SSSR count). The van der Waals surface area contributed by atoms with Crippen molar-refractivity contribution >= 4 is 0 Å². The molecule has 3 N–H and O–H groups in total. The molecule has 4 aliphatic rings. The molecule has 4 heteroatoms. The molecular formula is C23H40O4. The van der Waals surface area contributed by atoms with Crippen molar-refractivity contribution in [3.05, 3.63) is 0 Å². The lowest BCUT2D eigenvalue weighted by atomic mass is 9.48. The number of hydrogen-bond acceptors (Lipinski definition) is 4. The molecular weight excluding hydrogens is 340 g/mol. The Labute approximate surface area is 164 Å². The molecule has 0 bridgehead atoms. The van der Waals surface area contributed by atoms with Gasteiger partial charge in [-0.3, -0.25) is 0 Å². The third kappa shape index (κ3) is 2.93. The molecule has 0 aliphatic heterocycles. The zero-order valence-corrected chi connectivity index (χ0v) is 17.5. The lowest BCUT2D eigenvalue weighted by Crippen LogP contribution is -2.57. The number of hydrogen-bond donors (Lipinski definition) is 3. The van der Waals surface area contributed by atoms with E-state index in [-0.39, 0.29) is 17.9 Å². The number of ether oxygens (including phenoxy) is 1. The Morgan fingerprint density at radius 2 is 1.70 bits per heavy atom. The van der Waals surface area contributed by atoms with E-state index < -0.39 is 11.2 Å². The van der Waals surface area contributed by atoms with E-state index in [2.05, 4.69) is 6.92 Å². The fourth-order valence-electron chi connectivity index (χ4n) is 8.37. The van der Waals surface area contributed by atoms with E-state index in [1.165, 1.54) is 19.3 Å². The van der Waals surface area contributed by atoms with E-state index in [1.54, 1.807) is 7.11 Å². The van der Waals surface area contributed by atoms with Gasteiger partial charge in [-0.25, -0.2) is 0 Å². The summed E-state index contributed by atoms with van der Waals surface area (Å²) in [6.45, 7) is 4.89. The SMILES string of the molecule is COC[C@@]1(O)CC[C@H]2[C@H](CC[C@@H]3[C@@H]2CC[C@@]2(C)[C@H]3CC[C@@]2(O)C(C)CO)C1. The van der Waals surface area contributed by atoms with E-state index in [0.717, 1.165) is 56.3 Å². The number of aliphatic hydroxyl groups excluding tert-OH is 1. The van der Waals surface area contributed by atoms with E-state index >= 15 is 0 Å². The van der Waals surface area contributed by atoms with Crippen LogP contribution in [0.1, 0.15) is 71.6 Å². The first kappa shape index (κ1) is 20.1. The lowest BCUT2D eigenvalue weighted by Gasteiger charge is -2.58. The van der Waals surface area contributed by atoms with Crippen molar-refractivity contribution in [3.63, 3.8) is 0 Å². The molecule has 0 aromatic rings. The summed E-state index contributed by atoms with van der Waals surface area (Å²) in [4.78, 5) is 0. The number of fused-ring (bicyclic) bond motifs is 5. The van der Waals surface area contributed by atoms with Crippen LogP contribution in [0.2, 0.25) is 0 Å². The maximum absolute atomic E-state index is 11.6. The maximum Gasteiger partial charge on any atom is 0.0882 e. The summed E-state index contributed by atoms with van der Waals surface area (Å²) in [5.74, 6) is 3.42. The summed E-state index contributed by atoms with van der Waals surface area (Å²) < 4.78 is 5.30. The average molecular weight is 381 g/mol. The monoisotopic (exact) mass is 380 g/mol. The van der Waals surface area contributed by atoms with Gasteiger partial charge in [-0.2, -0.15) is 0 Å². The number of rotatable bonds is 4. The Morgan fingerprint density at radius 1 is 0.963 bits per heavy atom. The molecule has 4 fully saturated rings. The second-order valence-corrected chi connectivity index (χ2v) is 10.8. The first-order valence-electron chi connectivity index (χ1n) is 11.3. The molecule has 27 heavy (non-hydrogen) atoms. The summed E-state index contributed by atoms with van der Waals surface area (Å²) in [5, 5.41) is 32.2. The van der Waals surface area contributed by atoms with Gasteiger partial charge in [0.2, 0.25) is 0 Å². The zero-order valence-electron chi connectivity index (χ0n) is 17.5. The van der Waals surface area contributed by atoms with Crippen molar-refractivity contribution in [3.8, 4) is 0 Å². The second kappa shape index (κ2) is 6.97. The highest BCUT2D eigenvalue weighted by atomic mass is 16.5. The van der Waals surface area contributed by atoms with E-state index in [0.29, 0.717) is 18.4 Å². The first-order valence-corrected chi connectivity index (χ1v) is 11.3. The van der Waals surface area contributed by atoms with Crippen LogP contribution < -0.4 is 0 Å². The summed E-state index contributed by atoms with van der Waals surface area (Å²) >= 11 is 0. The van der Waals surface area contributed by atoms with E-state index in [9.17, 15) is 15.3 Å². The van der Waals surface area contributed by atoms with Crippen LogP contribution in [0.4, 0.5) is 0 Å². The standard InChI is InChI=1S/C23H40O4/c1-15(13-24)23(26)11-8-20-19-5-4-16-12-22(25,14-27-3)10-7-17(16)18(19)6-9-21(20,23)2/h15-20,24-26H,4-14H2,1-3H3/t15?,16-,17+,18-,19-,20+,21+,22-,23-/m1/s1. The van der Waals surface area contributed by atoms with Crippen molar-refractivity contribution in [2.45, 2.75) is 82.8 Å². The smallest absolute Gasteiger partial charge is 0.0882 e. The summed E-state index contributed by atoms with van der Waals surface area (Å²) in [6, 6.07) is 0. The highest BCUT2D eigenvalue weighted by molar-refractivity contribution is 5.13. The Bertz CT molecular complexity index is 552. The van der Waals surface area contributed by atoms with Crippen LogP contribution >= 0.6 is 0 Å². The van der Waals surface area contributed by atoms with Gasteiger partial charge in [0.25, 0.3) is 0 Å². The normalized spacial score (nSPS) is 53.3. The third-order valence-corrected chi connectivity index (χ3v) is 9.82. The maximum atomic E-state index is 11.6. The van der Waals surface area contributed by atoms with Gasteiger partial charge in [-0.1, -0.05) is 13.8 Å². The second-order valence-electron chi connectivity index (χ2n) is 10.8. The quantitative estimate of drug-likeness (QED) is 0.699. The van der Waals surface area contributed by atoms with Gasteiger partial charge in [0.05, 0.1) is 17.8 Å². The molecule has 0 amide bonds. The van der Waals surface area contributed by atoms with E-state index in [1.807, 2.05) is 6.92 Å². The molecule has 4 aliphatic carbocycles. The molecule has 4 saturated carbocycles. The van der Waals surface area contributed by atoms with Gasteiger partial charge in [0.1, 0.15) is 0 Å². The van der Waals surface area contributed by atoms with Gasteiger partial charge in [-0.05, 0) is 92.8 Å². The Morgan fingerprint density at radius 3 is 2.41 bits per heavy atom.